The fourth-order valence-electron chi connectivity index (χ4n) is 2.15. The Morgan fingerprint density at radius 3 is 1.44 bits per heavy atom. The minimum atomic E-state index is -1.12. The van der Waals surface area contributed by atoms with E-state index in [2.05, 4.69) is 0 Å². The van der Waals surface area contributed by atoms with Crippen LogP contribution < -0.4 is 5.48 Å². The maximum absolute atomic E-state index is 10.1. The van der Waals surface area contributed by atoms with E-state index in [0.29, 0.717) is 6.42 Å². The van der Waals surface area contributed by atoms with Crippen LogP contribution >= 0.6 is 0 Å². The van der Waals surface area contributed by atoms with Gasteiger partial charge >= 0.3 is 0 Å². The van der Waals surface area contributed by atoms with Crippen molar-refractivity contribution in [2.75, 3.05) is 6.54 Å². The number of aliphatic hydroxyl groups is 2. The summed E-state index contributed by atoms with van der Waals surface area (Å²) in [6.45, 7) is 0.725. The number of hydroxylamine groups is 1. The average Bonchev–Trinajstić information content (AvgIpc) is 2.34. The topological polar surface area (TPSA) is 80.1 Å². The predicted octanol–water partition coefficient (Wildman–Crippen LogP) is 2.04. The van der Waals surface area contributed by atoms with E-state index in [1.807, 2.05) is 0 Å². The standard InChI is InChI=1S/C14H31NO3/c16-14(17)12-10-8-6-4-2-1-3-5-7-9-11-13-15-18/h14,16-17H,1-13,15H2. The molecule has 0 fully saturated rings. The summed E-state index contributed by atoms with van der Waals surface area (Å²) in [7, 11) is 0. The van der Waals surface area contributed by atoms with Crippen molar-refractivity contribution in [2.45, 2.75) is 83.3 Å². The number of unbranched alkanes of at least 4 members (excludes halogenated alkanes) is 10. The molecular formula is C14H31NO3. The lowest BCUT2D eigenvalue weighted by atomic mass is 10.1. The Balaban J connectivity index is 2.90. The highest BCUT2D eigenvalue weighted by Gasteiger charge is 1.97. The van der Waals surface area contributed by atoms with E-state index < -0.39 is 6.29 Å². The normalized spacial score (nSPS) is 11.3. The molecule has 0 saturated carbocycles. The van der Waals surface area contributed by atoms with Gasteiger partial charge in [-0.2, -0.15) is 0 Å². The highest BCUT2D eigenvalue weighted by molar-refractivity contribution is 4.49. The first-order chi connectivity index (χ1) is 8.77. The van der Waals surface area contributed by atoms with E-state index in [9.17, 15) is 5.21 Å². The molecule has 0 aromatic rings. The van der Waals surface area contributed by atoms with Gasteiger partial charge in [0.25, 0.3) is 0 Å². The molecule has 0 atom stereocenters. The number of nitrogens with two attached hydrogens (primary N) is 1. The van der Waals surface area contributed by atoms with Crippen LogP contribution in [-0.2, 0) is 0 Å². The summed E-state index contributed by atoms with van der Waals surface area (Å²) in [6, 6.07) is 0. The zero-order valence-corrected chi connectivity index (χ0v) is 11.6. The summed E-state index contributed by atoms with van der Waals surface area (Å²) in [5, 5.41) is 27.4. The first-order valence-corrected chi connectivity index (χ1v) is 7.57. The Bertz CT molecular complexity index is 154. The molecule has 0 aliphatic rings. The number of aliphatic hydroxyl groups excluding tert-OH is 1. The van der Waals surface area contributed by atoms with Crippen LogP contribution in [0.25, 0.3) is 0 Å². The fraction of sp³-hybridized carbons (Fsp3) is 1.00. The molecule has 0 heterocycles. The van der Waals surface area contributed by atoms with E-state index in [4.69, 9.17) is 10.2 Å². The Labute approximate surface area is 111 Å². The van der Waals surface area contributed by atoms with Gasteiger partial charge in [-0.15, -0.1) is 0 Å². The third-order valence-corrected chi connectivity index (χ3v) is 3.28. The van der Waals surface area contributed by atoms with Crippen LogP contribution in [0.15, 0.2) is 0 Å². The molecule has 0 unspecified atom stereocenters. The van der Waals surface area contributed by atoms with Gasteiger partial charge in [0.05, 0.1) is 6.54 Å². The lowest BCUT2D eigenvalue weighted by Gasteiger charge is -2.04. The van der Waals surface area contributed by atoms with Gasteiger partial charge in [0.1, 0.15) is 0 Å². The molecule has 0 amide bonds. The molecular weight excluding hydrogens is 230 g/mol. The molecule has 4 N–H and O–H groups in total. The molecule has 4 heteroatoms. The lowest BCUT2D eigenvalue weighted by Crippen LogP contribution is -2.77. The number of hydrogen-bond acceptors (Lipinski definition) is 3. The Morgan fingerprint density at radius 1 is 0.667 bits per heavy atom. The van der Waals surface area contributed by atoms with Crippen LogP contribution in [0.2, 0.25) is 0 Å². The zero-order valence-electron chi connectivity index (χ0n) is 11.6. The average molecular weight is 261 g/mol. The summed E-state index contributed by atoms with van der Waals surface area (Å²) in [5.74, 6) is 0. The van der Waals surface area contributed by atoms with Gasteiger partial charge < -0.3 is 20.9 Å². The second-order valence-electron chi connectivity index (χ2n) is 5.11. The summed E-state index contributed by atoms with van der Waals surface area (Å²) in [5.41, 5.74) is 1.01. The van der Waals surface area contributed by atoms with Crippen molar-refractivity contribution in [3.05, 3.63) is 5.21 Å². The first kappa shape index (κ1) is 17.8. The third-order valence-electron chi connectivity index (χ3n) is 3.28. The largest absolute Gasteiger partial charge is 0.636 e. The quantitative estimate of drug-likeness (QED) is 0.254. The smallest absolute Gasteiger partial charge is 0.151 e. The van der Waals surface area contributed by atoms with Crippen LogP contribution in [-0.4, -0.2) is 23.0 Å². The monoisotopic (exact) mass is 261 g/mol. The van der Waals surface area contributed by atoms with Crippen LogP contribution in [0, 0.1) is 5.21 Å². The van der Waals surface area contributed by atoms with E-state index in [1.165, 1.54) is 51.4 Å². The number of hydrogen-bond donors (Lipinski definition) is 3. The molecule has 0 aromatic heterocycles. The number of quaternary nitrogens is 1. The van der Waals surface area contributed by atoms with Crippen molar-refractivity contribution < 1.29 is 15.7 Å². The van der Waals surface area contributed by atoms with E-state index in [-0.39, 0.29) is 0 Å². The molecule has 0 aliphatic heterocycles. The summed E-state index contributed by atoms with van der Waals surface area (Å²) in [6.07, 6.45) is 12.7. The van der Waals surface area contributed by atoms with E-state index in [1.54, 1.807) is 0 Å². The van der Waals surface area contributed by atoms with Crippen molar-refractivity contribution in [3.8, 4) is 0 Å². The van der Waals surface area contributed by atoms with Gasteiger partial charge in [0.15, 0.2) is 6.29 Å². The van der Waals surface area contributed by atoms with Crippen LogP contribution in [0.1, 0.15) is 77.0 Å². The molecule has 0 saturated heterocycles. The second-order valence-corrected chi connectivity index (χ2v) is 5.11. The van der Waals surface area contributed by atoms with Gasteiger partial charge in [0, 0.05) is 0 Å². The molecule has 110 valence electrons. The molecule has 18 heavy (non-hydrogen) atoms. The maximum atomic E-state index is 10.1. The maximum Gasteiger partial charge on any atom is 0.151 e. The highest BCUT2D eigenvalue weighted by atomic mass is 16.5. The van der Waals surface area contributed by atoms with Gasteiger partial charge in [-0.1, -0.05) is 51.4 Å². The van der Waals surface area contributed by atoms with Crippen molar-refractivity contribution >= 4 is 0 Å². The van der Waals surface area contributed by atoms with Crippen molar-refractivity contribution in [3.63, 3.8) is 0 Å². The molecule has 0 rings (SSSR count). The van der Waals surface area contributed by atoms with Crippen molar-refractivity contribution in [2.24, 2.45) is 0 Å². The number of rotatable bonds is 14. The van der Waals surface area contributed by atoms with E-state index >= 15 is 0 Å². The van der Waals surface area contributed by atoms with Gasteiger partial charge in [0.2, 0.25) is 0 Å². The second kappa shape index (κ2) is 14.9. The third kappa shape index (κ3) is 15.8. The van der Waals surface area contributed by atoms with Gasteiger partial charge in [-0.25, -0.2) is 0 Å². The van der Waals surface area contributed by atoms with Crippen LogP contribution in [0.4, 0.5) is 0 Å². The molecule has 0 radical (unpaired) electrons. The van der Waals surface area contributed by atoms with Crippen LogP contribution in [0.5, 0.6) is 0 Å². The first-order valence-electron chi connectivity index (χ1n) is 7.57. The van der Waals surface area contributed by atoms with E-state index in [0.717, 1.165) is 31.3 Å². The molecule has 4 nitrogen and oxygen atoms in total. The van der Waals surface area contributed by atoms with Crippen molar-refractivity contribution in [1.29, 1.82) is 0 Å². The zero-order chi connectivity index (χ0) is 13.5. The minimum Gasteiger partial charge on any atom is -0.636 e. The molecule has 0 bridgehead atoms. The minimum absolute atomic E-state index is 0.515. The van der Waals surface area contributed by atoms with Crippen molar-refractivity contribution in [1.82, 2.24) is 0 Å². The SMILES string of the molecule is [O-][NH2+]CCCCCCCCCCCCCC(O)O. The molecule has 0 aliphatic carbocycles. The molecule has 0 spiro atoms. The van der Waals surface area contributed by atoms with Crippen LogP contribution in [0.3, 0.4) is 0 Å². The Hall–Kier alpha value is -0.160. The van der Waals surface area contributed by atoms with Gasteiger partial charge in [-0.05, 0) is 25.7 Å². The fourth-order valence-corrected chi connectivity index (χ4v) is 2.15. The lowest BCUT2D eigenvalue weighted by molar-refractivity contribution is -0.589. The highest BCUT2D eigenvalue weighted by Crippen LogP contribution is 2.12. The summed E-state index contributed by atoms with van der Waals surface area (Å²) >= 11 is 0. The Morgan fingerprint density at radius 2 is 1.06 bits per heavy atom. The Kier molecular flexibility index (Phi) is 14.8. The van der Waals surface area contributed by atoms with Gasteiger partial charge in [-0.3, -0.25) is 0 Å². The summed E-state index contributed by atoms with van der Waals surface area (Å²) in [4.78, 5) is 0. The molecule has 0 aromatic carbocycles. The summed E-state index contributed by atoms with van der Waals surface area (Å²) < 4.78 is 0. The predicted molar refractivity (Wildman–Crippen MR) is 73.8 cm³/mol.